The summed E-state index contributed by atoms with van der Waals surface area (Å²) in [6, 6.07) is -0.355. The fourth-order valence-corrected chi connectivity index (χ4v) is 6.41. The number of likely N-dealkylation sites (N-methyl/N-ethyl adjacent to an activating group) is 1. The van der Waals surface area contributed by atoms with Crippen LogP contribution in [0.2, 0.25) is 0 Å². The van der Waals surface area contributed by atoms with E-state index in [-0.39, 0.29) is 55.1 Å². The van der Waals surface area contributed by atoms with Crippen LogP contribution in [0.25, 0.3) is 0 Å². The Morgan fingerprint density at radius 3 is 2.15 bits per heavy atom. The van der Waals surface area contributed by atoms with Crippen LogP contribution >= 0.6 is 0 Å². The van der Waals surface area contributed by atoms with E-state index in [0.717, 1.165) is 10.7 Å². The van der Waals surface area contributed by atoms with Crippen molar-refractivity contribution in [1.82, 2.24) is 14.9 Å². The number of nitrogens with zero attached hydrogens (tertiary/aromatic N) is 1. The normalized spacial score (nSPS) is 24.8. The largest absolute Gasteiger partial charge is 0.416 e. The van der Waals surface area contributed by atoms with E-state index in [2.05, 4.69) is 10.6 Å². The van der Waals surface area contributed by atoms with Crippen LogP contribution in [0.5, 0.6) is 0 Å². The van der Waals surface area contributed by atoms with Crippen molar-refractivity contribution < 1.29 is 39.6 Å². The zero-order chi connectivity index (χ0) is 25.5. The molecule has 2 fully saturated rings. The van der Waals surface area contributed by atoms with E-state index in [1.807, 2.05) is 6.92 Å². The predicted octanol–water partition coefficient (Wildman–Crippen LogP) is 3.63. The molecule has 1 aliphatic carbocycles. The lowest BCUT2D eigenvalue weighted by molar-refractivity contribution is -0.143. The molecule has 0 spiro atoms. The quantitative estimate of drug-likeness (QED) is 0.544. The minimum Gasteiger partial charge on any atom is -0.352 e. The summed E-state index contributed by atoms with van der Waals surface area (Å²) in [7, 11) is -2.96. The van der Waals surface area contributed by atoms with Gasteiger partial charge in [0.15, 0.2) is 0 Å². The van der Waals surface area contributed by atoms with Crippen LogP contribution in [-0.2, 0) is 27.2 Å². The first-order valence-electron chi connectivity index (χ1n) is 11.0. The Bertz CT molecular complexity index is 980. The molecular formula is C21H27F6N3O3S. The Labute approximate surface area is 194 Å². The second-order valence-corrected chi connectivity index (χ2v) is 10.7. The first-order valence-corrected chi connectivity index (χ1v) is 12.4. The van der Waals surface area contributed by atoms with E-state index in [9.17, 15) is 39.6 Å². The molecule has 1 aromatic rings. The first-order chi connectivity index (χ1) is 15.7. The maximum absolute atomic E-state index is 13.2. The van der Waals surface area contributed by atoms with Gasteiger partial charge in [0.05, 0.1) is 22.1 Å². The molecule has 34 heavy (non-hydrogen) atoms. The van der Waals surface area contributed by atoms with E-state index in [4.69, 9.17) is 0 Å². The van der Waals surface area contributed by atoms with Gasteiger partial charge in [-0.3, -0.25) is 4.79 Å². The van der Waals surface area contributed by atoms with Gasteiger partial charge in [-0.15, -0.1) is 0 Å². The topological polar surface area (TPSA) is 78.5 Å². The standard InChI is InChI=1S/C21H27F6N3O3S/c1-3-4-18(28-2)19(31)29-17-6-5-12-10-30(11-16(12)17)34(32,33)15-8-13(20(22,23)24)7-14(9-15)21(25,26)27/h7-9,12,16-18,28H,3-6,10-11H2,1-2H3,(H,29,31)/t12-,16+,17+,18+/m1/s1. The summed E-state index contributed by atoms with van der Waals surface area (Å²) in [4.78, 5) is 11.5. The van der Waals surface area contributed by atoms with E-state index >= 15 is 0 Å². The summed E-state index contributed by atoms with van der Waals surface area (Å²) in [5.41, 5.74) is -3.36. The van der Waals surface area contributed by atoms with Crippen molar-refractivity contribution in [2.45, 2.75) is 61.9 Å². The molecule has 0 unspecified atom stereocenters. The molecule has 0 radical (unpaired) electrons. The minimum atomic E-state index is -5.15. The van der Waals surface area contributed by atoms with E-state index in [1.165, 1.54) is 0 Å². The molecule has 1 heterocycles. The molecule has 1 aliphatic heterocycles. The summed E-state index contributed by atoms with van der Waals surface area (Å²) in [6.45, 7) is 1.82. The lowest BCUT2D eigenvalue weighted by Crippen LogP contribution is -2.48. The van der Waals surface area contributed by atoms with Crippen molar-refractivity contribution in [3.8, 4) is 0 Å². The molecule has 1 aromatic carbocycles. The van der Waals surface area contributed by atoms with Crippen molar-refractivity contribution >= 4 is 15.9 Å². The van der Waals surface area contributed by atoms with Crippen molar-refractivity contribution in [2.75, 3.05) is 20.1 Å². The van der Waals surface area contributed by atoms with Crippen molar-refractivity contribution in [3.63, 3.8) is 0 Å². The van der Waals surface area contributed by atoms with E-state index in [0.29, 0.717) is 19.3 Å². The number of rotatable bonds is 7. The summed E-state index contributed by atoms with van der Waals surface area (Å²) < 4.78 is 106. The average Bonchev–Trinajstić information content (AvgIpc) is 3.32. The number of amides is 1. The third-order valence-electron chi connectivity index (χ3n) is 6.59. The van der Waals surface area contributed by atoms with E-state index in [1.54, 1.807) is 7.05 Å². The van der Waals surface area contributed by atoms with Gasteiger partial charge in [-0.05, 0) is 56.3 Å². The first kappa shape index (κ1) is 26.7. The summed E-state index contributed by atoms with van der Waals surface area (Å²) in [6.07, 6.45) is -7.69. The molecule has 6 nitrogen and oxygen atoms in total. The molecule has 192 valence electrons. The lowest BCUT2D eigenvalue weighted by atomic mass is 9.97. The highest BCUT2D eigenvalue weighted by Gasteiger charge is 2.48. The highest BCUT2D eigenvalue weighted by Crippen LogP contribution is 2.42. The molecule has 1 saturated carbocycles. The molecule has 13 heteroatoms. The number of alkyl halides is 6. The van der Waals surface area contributed by atoms with Crippen LogP contribution < -0.4 is 10.6 Å². The second kappa shape index (κ2) is 9.65. The highest BCUT2D eigenvalue weighted by atomic mass is 32.2. The number of hydrogen-bond acceptors (Lipinski definition) is 4. The Hall–Kier alpha value is -1.86. The Balaban J connectivity index is 1.84. The summed E-state index contributed by atoms with van der Waals surface area (Å²) >= 11 is 0. The van der Waals surface area contributed by atoms with Gasteiger partial charge in [0.2, 0.25) is 15.9 Å². The molecule has 1 saturated heterocycles. The number of halogens is 6. The minimum absolute atomic E-state index is 0.0264. The number of nitrogens with one attached hydrogen (secondary N) is 2. The number of fused-ring (bicyclic) bond motifs is 1. The Morgan fingerprint density at radius 1 is 1.06 bits per heavy atom. The fourth-order valence-electron chi connectivity index (χ4n) is 4.80. The number of hydrogen-bond donors (Lipinski definition) is 2. The second-order valence-electron chi connectivity index (χ2n) is 8.81. The molecule has 4 atom stereocenters. The average molecular weight is 516 g/mol. The molecule has 0 bridgehead atoms. The third-order valence-corrected chi connectivity index (χ3v) is 8.40. The maximum atomic E-state index is 13.2. The zero-order valence-electron chi connectivity index (χ0n) is 18.6. The molecule has 0 aromatic heterocycles. The van der Waals surface area contributed by atoms with Crippen LogP contribution in [0.15, 0.2) is 23.1 Å². The molecule has 3 rings (SSSR count). The maximum Gasteiger partial charge on any atom is 0.416 e. The molecule has 2 N–H and O–H groups in total. The van der Waals surface area contributed by atoms with Gasteiger partial charge in [0, 0.05) is 19.1 Å². The molecule has 1 amide bonds. The highest BCUT2D eigenvalue weighted by molar-refractivity contribution is 7.89. The van der Waals surface area contributed by atoms with Crippen LogP contribution in [0.4, 0.5) is 26.3 Å². The lowest BCUT2D eigenvalue weighted by Gasteiger charge is -2.24. The van der Waals surface area contributed by atoms with Gasteiger partial charge in [0.1, 0.15) is 0 Å². The molecular weight excluding hydrogens is 488 g/mol. The van der Waals surface area contributed by atoms with Gasteiger partial charge in [0.25, 0.3) is 0 Å². The van der Waals surface area contributed by atoms with Crippen LogP contribution in [0.3, 0.4) is 0 Å². The van der Waals surface area contributed by atoms with Crippen LogP contribution in [0, 0.1) is 11.8 Å². The van der Waals surface area contributed by atoms with Crippen molar-refractivity contribution in [1.29, 1.82) is 0 Å². The van der Waals surface area contributed by atoms with Crippen molar-refractivity contribution in [2.24, 2.45) is 11.8 Å². The van der Waals surface area contributed by atoms with E-state index < -0.39 is 44.4 Å². The zero-order valence-corrected chi connectivity index (χ0v) is 19.4. The smallest absolute Gasteiger partial charge is 0.352 e. The third kappa shape index (κ3) is 5.51. The van der Waals surface area contributed by atoms with Gasteiger partial charge < -0.3 is 10.6 Å². The SMILES string of the molecule is CCC[C@H](NC)C(=O)N[C@H]1CC[C@@H]2CN(S(=O)(=O)c3cc(C(F)(F)F)cc(C(F)(F)F)c3)C[C@@H]21. The number of sulfonamides is 1. The van der Waals surface area contributed by atoms with Crippen LogP contribution in [-0.4, -0.2) is 50.9 Å². The summed E-state index contributed by atoms with van der Waals surface area (Å²) in [5, 5.41) is 5.86. The van der Waals surface area contributed by atoms with Crippen molar-refractivity contribution in [3.05, 3.63) is 29.3 Å². The van der Waals surface area contributed by atoms with Gasteiger partial charge in [-0.2, -0.15) is 30.6 Å². The van der Waals surface area contributed by atoms with Gasteiger partial charge >= 0.3 is 12.4 Å². The van der Waals surface area contributed by atoms with Gasteiger partial charge in [-0.1, -0.05) is 13.3 Å². The molecule has 2 aliphatic rings. The monoisotopic (exact) mass is 515 g/mol. The van der Waals surface area contributed by atoms with Gasteiger partial charge in [-0.25, -0.2) is 8.42 Å². The Morgan fingerprint density at radius 2 is 1.65 bits per heavy atom. The number of carbonyl (C=O) groups excluding carboxylic acids is 1. The summed E-state index contributed by atoms with van der Waals surface area (Å²) in [5.74, 6) is -0.637. The Kier molecular flexibility index (Phi) is 7.59. The van der Waals surface area contributed by atoms with Crippen LogP contribution in [0.1, 0.15) is 43.7 Å². The fraction of sp³-hybridized carbons (Fsp3) is 0.667. The number of benzene rings is 1. The predicted molar refractivity (Wildman–Crippen MR) is 111 cm³/mol. The number of carbonyl (C=O) groups is 1.